The van der Waals surface area contributed by atoms with Gasteiger partial charge in [-0.15, -0.1) is 0 Å². The number of nitrogens with zero attached hydrogens (tertiary/aromatic N) is 3. The second kappa shape index (κ2) is 6.72. The topological polar surface area (TPSA) is 59.9 Å². The van der Waals surface area contributed by atoms with E-state index in [1.54, 1.807) is 0 Å². The molecule has 2 aromatic rings. The Morgan fingerprint density at radius 3 is 2.60 bits per heavy atom. The molecule has 1 aromatic heterocycles. The van der Waals surface area contributed by atoms with Gasteiger partial charge in [0.05, 0.1) is 6.10 Å². The molecule has 0 amide bonds. The Hall–Kier alpha value is -1.59. The van der Waals surface area contributed by atoms with Gasteiger partial charge in [0.1, 0.15) is 0 Å². The maximum atomic E-state index is 6.08. The summed E-state index contributed by atoms with van der Waals surface area (Å²) in [6, 6.07) is 7.73. The Kier molecular flexibility index (Phi) is 4.98. The van der Waals surface area contributed by atoms with Gasteiger partial charge in [-0.05, 0) is 37.1 Å². The monoisotopic (exact) mass is 312 g/mol. The molecule has 0 saturated heterocycles. The van der Waals surface area contributed by atoms with Crippen LogP contribution < -0.4 is 10.1 Å². The van der Waals surface area contributed by atoms with Crippen LogP contribution in [-0.4, -0.2) is 21.1 Å². The number of hydrogen-bond donors (Lipinski definition) is 1. The number of anilines is 1. The van der Waals surface area contributed by atoms with Gasteiger partial charge in [0.25, 0.3) is 0 Å². The van der Waals surface area contributed by atoms with Crippen LogP contribution in [0.5, 0.6) is 6.01 Å². The minimum Gasteiger partial charge on any atom is -0.461 e. The van der Waals surface area contributed by atoms with E-state index in [-0.39, 0.29) is 17.4 Å². The van der Waals surface area contributed by atoms with E-state index in [2.05, 4.69) is 20.3 Å². The van der Waals surface area contributed by atoms with E-state index in [1.807, 2.05) is 38.1 Å². The summed E-state index contributed by atoms with van der Waals surface area (Å²) >= 11 is 11.9. The van der Waals surface area contributed by atoms with Gasteiger partial charge in [0, 0.05) is 11.6 Å². The fraction of sp³-hybridized carbons (Fsp3) is 0.308. The number of aromatic nitrogens is 3. The molecule has 0 unspecified atom stereocenters. The fourth-order valence-corrected chi connectivity index (χ4v) is 1.85. The summed E-state index contributed by atoms with van der Waals surface area (Å²) in [4.78, 5) is 12.0. The molecule has 0 aliphatic heterocycles. The number of hydrogen-bond acceptors (Lipinski definition) is 5. The van der Waals surface area contributed by atoms with E-state index in [0.717, 1.165) is 5.56 Å². The fourth-order valence-electron chi connectivity index (χ4n) is 1.49. The van der Waals surface area contributed by atoms with Gasteiger partial charge >= 0.3 is 6.01 Å². The first kappa shape index (κ1) is 14.8. The van der Waals surface area contributed by atoms with Crippen molar-refractivity contribution in [1.29, 1.82) is 0 Å². The maximum Gasteiger partial charge on any atom is 0.322 e. The van der Waals surface area contributed by atoms with Crippen molar-refractivity contribution < 1.29 is 4.74 Å². The van der Waals surface area contributed by atoms with E-state index < -0.39 is 0 Å². The normalized spacial score (nSPS) is 10.7. The van der Waals surface area contributed by atoms with Crippen LogP contribution in [0.4, 0.5) is 5.95 Å². The Morgan fingerprint density at radius 2 is 1.90 bits per heavy atom. The lowest BCUT2D eigenvalue weighted by Gasteiger charge is -2.10. The molecular weight excluding hydrogens is 299 g/mol. The zero-order valence-corrected chi connectivity index (χ0v) is 12.6. The molecule has 0 spiro atoms. The number of benzene rings is 1. The van der Waals surface area contributed by atoms with Gasteiger partial charge < -0.3 is 10.1 Å². The third-order valence-corrected chi connectivity index (χ3v) is 2.86. The van der Waals surface area contributed by atoms with Gasteiger partial charge in [0.15, 0.2) is 0 Å². The highest BCUT2D eigenvalue weighted by Crippen LogP contribution is 2.17. The molecule has 0 aliphatic carbocycles. The highest BCUT2D eigenvalue weighted by atomic mass is 35.5. The van der Waals surface area contributed by atoms with E-state index in [9.17, 15) is 0 Å². The lowest BCUT2D eigenvalue weighted by atomic mass is 10.2. The van der Waals surface area contributed by atoms with Crippen molar-refractivity contribution in [1.82, 2.24) is 15.0 Å². The lowest BCUT2D eigenvalue weighted by molar-refractivity contribution is 0.222. The highest BCUT2D eigenvalue weighted by Gasteiger charge is 2.08. The molecule has 2 rings (SSSR count). The SMILES string of the molecule is CC(C)Oc1nc(Cl)nc(NCc2ccccc2Cl)n1. The van der Waals surface area contributed by atoms with Crippen LogP contribution in [0.3, 0.4) is 0 Å². The molecule has 0 radical (unpaired) electrons. The summed E-state index contributed by atoms with van der Waals surface area (Å²) in [5.74, 6) is 0.348. The molecule has 0 saturated carbocycles. The Morgan fingerprint density at radius 1 is 1.15 bits per heavy atom. The molecule has 0 atom stereocenters. The van der Waals surface area contributed by atoms with Gasteiger partial charge in [-0.1, -0.05) is 29.8 Å². The van der Waals surface area contributed by atoms with Crippen molar-refractivity contribution in [2.75, 3.05) is 5.32 Å². The smallest absolute Gasteiger partial charge is 0.322 e. The third kappa shape index (κ3) is 4.21. The molecule has 7 heteroatoms. The predicted molar refractivity (Wildman–Crippen MR) is 79.4 cm³/mol. The maximum absolute atomic E-state index is 6.08. The van der Waals surface area contributed by atoms with Crippen LogP contribution in [-0.2, 0) is 6.54 Å². The zero-order chi connectivity index (χ0) is 14.5. The lowest BCUT2D eigenvalue weighted by Crippen LogP contribution is -2.11. The highest BCUT2D eigenvalue weighted by molar-refractivity contribution is 6.31. The Bertz CT molecular complexity index is 592. The van der Waals surface area contributed by atoms with Crippen LogP contribution in [0.25, 0.3) is 0 Å². The van der Waals surface area contributed by atoms with Crippen molar-refractivity contribution >= 4 is 29.2 Å². The van der Waals surface area contributed by atoms with Crippen molar-refractivity contribution in [3.8, 4) is 6.01 Å². The third-order valence-electron chi connectivity index (χ3n) is 2.32. The first-order valence-corrected chi connectivity index (χ1v) is 6.85. The molecule has 1 heterocycles. The average molecular weight is 313 g/mol. The van der Waals surface area contributed by atoms with Crippen LogP contribution in [0.15, 0.2) is 24.3 Å². The number of rotatable bonds is 5. The van der Waals surface area contributed by atoms with Crippen LogP contribution >= 0.6 is 23.2 Å². The minimum absolute atomic E-state index is 0.0371. The molecule has 0 aliphatic rings. The summed E-state index contributed by atoms with van der Waals surface area (Å²) in [6.45, 7) is 4.25. The van der Waals surface area contributed by atoms with Gasteiger partial charge in [0.2, 0.25) is 11.2 Å². The zero-order valence-electron chi connectivity index (χ0n) is 11.1. The molecule has 20 heavy (non-hydrogen) atoms. The van der Waals surface area contributed by atoms with E-state index >= 15 is 0 Å². The minimum atomic E-state index is -0.0371. The quantitative estimate of drug-likeness (QED) is 0.914. The summed E-state index contributed by atoms with van der Waals surface area (Å²) in [6.07, 6.45) is -0.0371. The van der Waals surface area contributed by atoms with Crippen molar-refractivity contribution in [3.05, 3.63) is 40.1 Å². The van der Waals surface area contributed by atoms with Gasteiger partial charge in [-0.25, -0.2) is 0 Å². The largest absolute Gasteiger partial charge is 0.461 e. The molecule has 5 nitrogen and oxygen atoms in total. The van der Waals surface area contributed by atoms with Gasteiger partial charge in [-0.2, -0.15) is 15.0 Å². The van der Waals surface area contributed by atoms with Crippen molar-refractivity contribution in [2.24, 2.45) is 0 Å². The van der Waals surface area contributed by atoms with Crippen LogP contribution in [0.1, 0.15) is 19.4 Å². The van der Waals surface area contributed by atoms with Crippen molar-refractivity contribution in [3.63, 3.8) is 0 Å². The Labute approximate surface area is 127 Å². The second-order valence-corrected chi connectivity index (χ2v) is 5.07. The van der Waals surface area contributed by atoms with E-state index in [1.165, 1.54) is 0 Å². The molecule has 0 bridgehead atoms. The average Bonchev–Trinajstić information content (AvgIpc) is 2.36. The molecule has 1 aromatic carbocycles. The number of ether oxygens (including phenoxy) is 1. The first-order valence-electron chi connectivity index (χ1n) is 6.10. The Balaban J connectivity index is 2.09. The van der Waals surface area contributed by atoms with Gasteiger partial charge in [-0.3, -0.25) is 0 Å². The van der Waals surface area contributed by atoms with Crippen molar-refractivity contribution in [2.45, 2.75) is 26.5 Å². The number of halogens is 2. The predicted octanol–water partition coefficient (Wildman–Crippen LogP) is 3.58. The first-order chi connectivity index (χ1) is 9.54. The molecular formula is C13H14Cl2N4O. The second-order valence-electron chi connectivity index (χ2n) is 4.32. The molecule has 0 fully saturated rings. The van der Waals surface area contributed by atoms with Crippen LogP contribution in [0.2, 0.25) is 10.3 Å². The van der Waals surface area contributed by atoms with Crippen LogP contribution in [0, 0.1) is 0 Å². The van der Waals surface area contributed by atoms with E-state index in [4.69, 9.17) is 27.9 Å². The standard InChI is InChI=1S/C13H14Cl2N4O/c1-8(2)20-13-18-11(15)17-12(19-13)16-7-9-5-3-4-6-10(9)14/h3-6,8H,7H2,1-2H3,(H,16,17,18,19). The van der Waals surface area contributed by atoms with E-state index in [0.29, 0.717) is 17.5 Å². The summed E-state index contributed by atoms with van der Waals surface area (Å²) in [5.41, 5.74) is 0.942. The summed E-state index contributed by atoms with van der Waals surface area (Å²) in [7, 11) is 0. The molecule has 1 N–H and O–H groups in total. The molecule has 106 valence electrons. The summed E-state index contributed by atoms with van der Waals surface area (Å²) < 4.78 is 5.40. The summed E-state index contributed by atoms with van der Waals surface area (Å²) in [5, 5.41) is 3.81. The number of nitrogens with one attached hydrogen (secondary N) is 1.